The van der Waals surface area contributed by atoms with Gasteiger partial charge in [-0.25, -0.2) is 0 Å². The largest absolute Gasteiger partial charge is 0.466 e. The molecule has 0 radical (unpaired) electrons. The van der Waals surface area contributed by atoms with Crippen molar-refractivity contribution in [1.82, 2.24) is 9.80 Å². The van der Waals surface area contributed by atoms with E-state index < -0.39 is 0 Å². The number of carbonyl (C=O) groups is 4. The van der Waals surface area contributed by atoms with E-state index in [9.17, 15) is 19.2 Å². The fourth-order valence-electron chi connectivity index (χ4n) is 3.18. The van der Waals surface area contributed by atoms with Gasteiger partial charge in [-0.15, -0.1) is 0 Å². The van der Waals surface area contributed by atoms with Crippen LogP contribution in [0.15, 0.2) is 0 Å². The number of hydrogen-bond donors (Lipinski definition) is 0. The van der Waals surface area contributed by atoms with Crippen LogP contribution in [0, 0.1) is 0 Å². The normalized spacial score (nSPS) is 15.9. The highest BCUT2D eigenvalue weighted by Gasteiger charge is 2.17. The van der Waals surface area contributed by atoms with Crippen LogP contribution in [0.1, 0.15) is 52.4 Å². The summed E-state index contributed by atoms with van der Waals surface area (Å²) >= 11 is 0. The van der Waals surface area contributed by atoms with Gasteiger partial charge >= 0.3 is 11.9 Å². The Bertz CT molecular complexity index is 522. The van der Waals surface area contributed by atoms with Gasteiger partial charge < -0.3 is 28.7 Å². The highest BCUT2D eigenvalue weighted by molar-refractivity contribution is 5.77. The van der Waals surface area contributed by atoms with Gasteiger partial charge in [0.2, 0.25) is 11.8 Å². The second kappa shape index (κ2) is 17.4. The quantitative estimate of drug-likeness (QED) is 0.448. The van der Waals surface area contributed by atoms with Crippen LogP contribution >= 0.6 is 0 Å². The molecule has 2 amide bonds. The zero-order chi connectivity index (χ0) is 23.6. The first-order chi connectivity index (χ1) is 15.5. The SMILES string of the molecule is CCOC(=O)CCCC(=O)N1CCOCCN(C(=O)CCCC(=O)OCC)CCOCC1. The molecule has 10 nitrogen and oxygen atoms in total. The number of hydrogen-bond acceptors (Lipinski definition) is 8. The molecule has 184 valence electrons. The minimum Gasteiger partial charge on any atom is -0.466 e. The molecule has 0 bridgehead atoms. The predicted octanol–water partition coefficient (Wildman–Crippen LogP) is 1.16. The van der Waals surface area contributed by atoms with Crippen LogP contribution in [0.5, 0.6) is 0 Å². The molecule has 1 fully saturated rings. The van der Waals surface area contributed by atoms with E-state index in [0.29, 0.717) is 78.7 Å². The molecular formula is C22H38N2O8. The zero-order valence-electron chi connectivity index (χ0n) is 19.5. The average molecular weight is 459 g/mol. The highest BCUT2D eigenvalue weighted by atomic mass is 16.5. The molecule has 0 aromatic carbocycles. The third-order valence-corrected chi connectivity index (χ3v) is 4.88. The molecule has 1 aliphatic heterocycles. The van der Waals surface area contributed by atoms with Gasteiger partial charge in [-0.3, -0.25) is 19.2 Å². The molecule has 1 heterocycles. The Kier molecular flexibility index (Phi) is 15.1. The van der Waals surface area contributed by atoms with E-state index in [2.05, 4.69) is 0 Å². The second-order valence-electron chi connectivity index (χ2n) is 7.30. The molecule has 0 aliphatic carbocycles. The Labute approximate surface area is 190 Å². The molecule has 0 aromatic rings. The first-order valence-corrected chi connectivity index (χ1v) is 11.5. The third-order valence-electron chi connectivity index (χ3n) is 4.88. The van der Waals surface area contributed by atoms with Crippen LogP contribution in [0.4, 0.5) is 0 Å². The molecule has 1 saturated heterocycles. The Morgan fingerprint density at radius 1 is 0.625 bits per heavy atom. The number of nitrogens with zero attached hydrogens (tertiary/aromatic N) is 2. The van der Waals surface area contributed by atoms with Crippen LogP contribution in [0.25, 0.3) is 0 Å². The standard InChI is InChI=1S/C22H38N2O8/c1-3-31-21(27)9-5-7-19(25)23-11-15-29-17-13-24(14-18-30-16-12-23)20(26)8-6-10-22(28)32-4-2/h3-18H2,1-2H3. The minimum atomic E-state index is -0.291. The van der Waals surface area contributed by atoms with Crippen LogP contribution in [-0.2, 0) is 38.1 Å². The van der Waals surface area contributed by atoms with Crippen LogP contribution < -0.4 is 0 Å². The smallest absolute Gasteiger partial charge is 0.305 e. The zero-order valence-corrected chi connectivity index (χ0v) is 19.5. The Morgan fingerprint density at radius 3 is 1.28 bits per heavy atom. The van der Waals surface area contributed by atoms with Crippen molar-refractivity contribution in [3.63, 3.8) is 0 Å². The first-order valence-electron chi connectivity index (χ1n) is 11.5. The fourth-order valence-corrected chi connectivity index (χ4v) is 3.18. The molecule has 1 aliphatic rings. The van der Waals surface area contributed by atoms with Gasteiger partial charge in [0, 0.05) is 51.9 Å². The molecule has 0 aromatic heterocycles. The van der Waals surface area contributed by atoms with E-state index in [0.717, 1.165) is 0 Å². The Hall–Kier alpha value is -2.20. The summed E-state index contributed by atoms with van der Waals surface area (Å²) in [5.41, 5.74) is 0. The summed E-state index contributed by atoms with van der Waals surface area (Å²) in [6, 6.07) is 0. The Balaban J connectivity index is 2.37. The number of rotatable bonds is 10. The van der Waals surface area contributed by atoms with Gasteiger partial charge in [0.15, 0.2) is 0 Å². The average Bonchev–Trinajstić information content (AvgIpc) is 2.74. The topological polar surface area (TPSA) is 112 Å². The maximum Gasteiger partial charge on any atom is 0.305 e. The van der Waals surface area contributed by atoms with Gasteiger partial charge in [0.1, 0.15) is 0 Å². The van der Waals surface area contributed by atoms with Crippen molar-refractivity contribution in [3.05, 3.63) is 0 Å². The van der Waals surface area contributed by atoms with E-state index in [1.165, 1.54) is 0 Å². The molecule has 0 saturated carbocycles. The lowest BCUT2D eigenvalue weighted by Crippen LogP contribution is -2.40. The van der Waals surface area contributed by atoms with Crippen molar-refractivity contribution < 1.29 is 38.1 Å². The second-order valence-corrected chi connectivity index (χ2v) is 7.30. The van der Waals surface area contributed by atoms with Gasteiger partial charge in [0.05, 0.1) is 39.6 Å². The van der Waals surface area contributed by atoms with Crippen molar-refractivity contribution in [2.24, 2.45) is 0 Å². The van der Waals surface area contributed by atoms with Gasteiger partial charge in [-0.1, -0.05) is 0 Å². The van der Waals surface area contributed by atoms with Gasteiger partial charge in [-0.2, -0.15) is 0 Å². The summed E-state index contributed by atoms with van der Waals surface area (Å²) in [7, 11) is 0. The van der Waals surface area contributed by atoms with Crippen molar-refractivity contribution >= 4 is 23.8 Å². The summed E-state index contributed by atoms with van der Waals surface area (Å²) in [5.74, 6) is -0.671. The van der Waals surface area contributed by atoms with E-state index in [1.54, 1.807) is 23.6 Å². The number of carbonyl (C=O) groups excluding carboxylic acids is 4. The van der Waals surface area contributed by atoms with Crippen LogP contribution in [-0.4, -0.2) is 99.4 Å². The summed E-state index contributed by atoms with van der Waals surface area (Å²) in [4.78, 5) is 51.1. The van der Waals surface area contributed by atoms with Gasteiger partial charge in [-0.05, 0) is 26.7 Å². The fraction of sp³-hybridized carbons (Fsp3) is 0.818. The molecule has 0 N–H and O–H groups in total. The molecule has 10 heteroatoms. The summed E-state index contributed by atoms with van der Waals surface area (Å²) in [6.45, 7) is 7.30. The third kappa shape index (κ3) is 12.6. The predicted molar refractivity (Wildman–Crippen MR) is 116 cm³/mol. The monoisotopic (exact) mass is 458 g/mol. The molecule has 0 unspecified atom stereocenters. The van der Waals surface area contributed by atoms with E-state index >= 15 is 0 Å². The van der Waals surface area contributed by atoms with Gasteiger partial charge in [0.25, 0.3) is 0 Å². The van der Waals surface area contributed by atoms with Crippen LogP contribution in [0.3, 0.4) is 0 Å². The molecule has 0 spiro atoms. The molecule has 0 atom stereocenters. The number of ether oxygens (including phenoxy) is 4. The summed E-state index contributed by atoms with van der Waals surface area (Å²) in [6.07, 6.45) is 1.89. The highest BCUT2D eigenvalue weighted by Crippen LogP contribution is 2.06. The number of amides is 2. The molecular weight excluding hydrogens is 420 g/mol. The van der Waals surface area contributed by atoms with Crippen molar-refractivity contribution in [3.8, 4) is 0 Å². The van der Waals surface area contributed by atoms with E-state index in [-0.39, 0.29) is 49.4 Å². The molecule has 32 heavy (non-hydrogen) atoms. The van der Waals surface area contributed by atoms with E-state index in [1.807, 2.05) is 0 Å². The molecule has 1 rings (SSSR count). The lowest BCUT2D eigenvalue weighted by Gasteiger charge is -2.26. The first kappa shape index (κ1) is 27.8. The lowest BCUT2D eigenvalue weighted by atomic mass is 10.2. The lowest BCUT2D eigenvalue weighted by molar-refractivity contribution is -0.144. The maximum atomic E-state index is 12.5. The Morgan fingerprint density at radius 2 is 0.969 bits per heavy atom. The van der Waals surface area contributed by atoms with Crippen LogP contribution in [0.2, 0.25) is 0 Å². The van der Waals surface area contributed by atoms with Crippen molar-refractivity contribution in [2.75, 3.05) is 65.8 Å². The summed E-state index contributed by atoms with van der Waals surface area (Å²) < 4.78 is 21.0. The summed E-state index contributed by atoms with van der Waals surface area (Å²) in [5, 5.41) is 0. The van der Waals surface area contributed by atoms with E-state index in [4.69, 9.17) is 18.9 Å². The maximum absolute atomic E-state index is 12.5. The number of esters is 2. The minimum absolute atomic E-state index is 0.0445. The van der Waals surface area contributed by atoms with Crippen molar-refractivity contribution in [1.29, 1.82) is 0 Å². The van der Waals surface area contributed by atoms with Crippen molar-refractivity contribution in [2.45, 2.75) is 52.4 Å².